The van der Waals surface area contributed by atoms with Crippen LogP contribution in [0.2, 0.25) is 0 Å². The molecule has 0 aromatic carbocycles. The number of rotatable bonds is 2. The summed E-state index contributed by atoms with van der Waals surface area (Å²) >= 11 is 1.51. The summed E-state index contributed by atoms with van der Waals surface area (Å²) in [5.74, 6) is 1.55. The van der Waals surface area contributed by atoms with Gasteiger partial charge in [0, 0.05) is 19.1 Å². The van der Waals surface area contributed by atoms with Crippen molar-refractivity contribution in [1.29, 1.82) is 0 Å². The number of nitrogens with zero attached hydrogens (tertiary/aromatic N) is 1. The van der Waals surface area contributed by atoms with Gasteiger partial charge in [-0.25, -0.2) is 0 Å². The highest BCUT2D eigenvalue weighted by Crippen LogP contribution is 2.37. The van der Waals surface area contributed by atoms with Gasteiger partial charge >= 0.3 is 0 Å². The van der Waals surface area contributed by atoms with Gasteiger partial charge in [-0.2, -0.15) is 0 Å². The molecule has 1 saturated heterocycles. The first-order valence-corrected chi connectivity index (χ1v) is 7.60. The number of likely N-dealkylation sites (tertiary alicyclic amines) is 1. The molecule has 3 rings (SSSR count). The van der Waals surface area contributed by atoms with Crippen LogP contribution in [0.3, 0.4) is 0 Å². The first-order chi connectivity index (χ1) is 8.69. The zero-order valence-electron chi connectivity index (χ0n) is 10.5. The molecule has 1 aliphatic heterocycles. The summed E-state index contributed by atoms with van der Waals surface area (Å²) in [4.78, 5) is 14.2. The zero-order valence-corrected chi connectivity index (χ0v) is 11.3. The van der Waals surface area contributed by atoms with Crippen molar-refractivity contribution in [3.8, 4) is 0 Å². The molecule has 5 heteroatoms. The van der Waals surface area contributed by atoms with Gasteiger partial charge in [-0.1, -0.05) is 11.8 Å². The van der Waals surface area contributed by atoms with Crippen LogP contribution in [0.15, 0.2) is 21.6 Å². The van der Waals surface area contributed by atoms with Crippen molar-refractivity contribution in [2.75, 3.05) is 19.3 Å². The summed E-state index contributed by atoms with van der Waals surface area (Å²) < 4.78 is 5.50. The van der Waals surface area contributed by atoms with Crippen molar-refractivity contribution in [3.05, 3.63) is 17.9 Å². The third-order valence-corrected chi connectivity index (χ3v) is 4.81. The maximum Gasteiger partial charge on any atom is 0.289 e. The lowest BCUT2D eigenvalue weighted by Gasteiger charge is -2.17. The second kappa shape index (κ2) is 4.63. The van der Waals surface area contributed by atoms with Gasteiger partial charge in [0.2, 0.25) is 0 Å². The minimum Gasteiger partial charge on any atom is -0.445 e. The highest BCUT2D eigenvalue weighted by molar-refractivity contribution is 7.98. The van der Waals surface area contributed by atoms with Crippen LogP contribution in [0.4, 0.5) is 0 Å². The van der Waals surface area contributed by atoms with Gasteiger partial charge in [0.1, 0.15) is 0 Å². The van der Waals surface area contributed by atoms with E-state index in [1.54, 1.807) is 6.07 Å². The molecule has 2 aliphatic rings. The van der Waals surface area contributed by atoms with Crippen LogP contribution in [0.1, 0.15) is 23.4 Å². The maximum atomic E-state index is 12.3. The lowest BCUT2D eigenvalue weighted by atomic mass is 9.98. The summed E-state index contributed by atoms with van der Waals surface area (Å²) in [6.07, 6.45) is 4.20. The first kappa shape index (κ1) is 12.1. The first-order valence-electron chi connectivity index (χ1n) is 6.37. The summed E-state index contributed by atoms with van der Waals surface area (Å²) in [5, 5.41) is 0.787. The number of carbonyl (C=O) groups excluding carboxylic acids is 1. The molecule has 1 aromatic heterocycles. The average molecular weight is 266 g/mol. The minimum absolute atomic E-state index is 0.0110. The number of hydrogen-bond acceptors (Lipinski definition) is 4. The number of hydrogen-bond donors (Lipinski definition) is 1. The minimum atomic E-state index is 0.0110. The molecule has 1 amide bonds. The predicted molar refractivity (Wildman–Crippen MR) is 70.6 cm³/mol. The Hall–Kier alpha value is -0.940. The van der Waals surface area contributed by atoms with Crippen molar-refractivity contribution < 1.29 is 9.21 Å². The van der Waals surface area contributed by atoms with E-state index < -0.39 is 0 Å². The quantitative estimate of drug-likeness (QED) is 0.829. The van der Waals surface area contributed by atoms with E-state index >= 15 is 0 Å². The van der Waals surface area contributed by atoms with Crippen LogP contribution >= 0.6 is 11.8 Å². The maximum absolute atomic E-state index is 12.3. The SMILES string of the molecule is CSc1ccc(C(=O)N2CC3CCC(N)C3C2)o1. The third kappa shape index (κ3) is 1.95. The molecule has 1 saturated carbocycles. The lowest BCUT2D eigenvalue weighted by Crippen LogP contribution is -2.33. The van der Waals surface area contributed by atoms with Gasteiger partial charge in [0.05, 0.1) is 0 Å². The summed E-state index contributed by atoms with van der Waals surface area (Å²) in [6, 6.07) is 3.88. The highest BCUT2D eigenvalue weighted by atomic mass is 32.2. The van der Waals surface area contributed by atoms with E-state index in [1.807, 2.05) is 17.2 Å². The molecule has 2 heterocycles. The molecule has 98 valence electrons. The van der Waals surface area contributed by atoms with E-state index in [1.165, 1.54) is 11.8 Å². The zero-order chi connectivity index (χ0) is 12.7. The van der Waals surface area contributed by atoms with Crippen molar-refractivity contribution >= 4 is 17.7 Å². The Morgan fingerprint density at radius 3 is 2.94 bits per heavy atom. The van der Waals surface area contributed by atoms with Crippen LogP contribution in [0.25, 0.3) is 0 Å². The Balaban J connectivity index is 1.71. The van der Waals surface area contributed by atoms with E-state index in [-0.39, 0.29) is 11.9 Å². The van der Waals surface area contributed by atoms with Crippen molar-refractivity contribution in [2.45, 2.75) is 24.0 Å². The molecule has 1 aliphatic carbocycles. The van der Waals surface area contributed by atoms with Crippen LogP contribution in [-0.4, -0.2) is 36.2 Å². The van der Waals surface area contributed by atoms with Crippen LogP contribution in [0, 0.1) is 11.8 Å². The Morgan fingerprint density at radius 1 is 1.44 bits per heavy atom. The monoisotopic (exact) mass is 266 g/mol. The second-order valence-electron chi connectivity index (χ2n) is 5.20. The molecule has 4 nitrogen and oxygen atoms in total. The van der Waals surface area contributed by atoms with Gasteiger partial charge in [-0.3, -0.25) is 4.79 Å². The summed E-state index contributed by atoms with van der Waals surface area (Å²) in [7, 11) is 0. The largest absolute Gasteiger partial charge is 0.445 e. The fourth-order valence-corrected chi connectivity index (χ4v) is 3.55. The van der Waals surface area contributed by atoms with E-state index in [0.29, 0.717) is 17.6 Å². The van der Waals surface area contributed by atoms with Crippen molar-refractivity contribution in [1.82, 2.24) is 4.90 Å². The number of fused-ring (bicyclic) bond motifs is 1. The Kier molecular flexibility index (Phi) is 3.11. The van der Waals surface area contributed by atoms with Gasteiger partial charge in [-0.15, -0.1) is 0 Å². The summed E-state index contributed by atoms with van der Waals surface area (Å²) in [6.45, 7) is 1.63. The predicted octanol–water partition coefficient (Wildman–Crippen LogP) is 1.81. The molecular weight excluding hydrogens is 248 g/mol. The number of thioether (sulfide) groups is 1. The Morgan fingerprint density at radius 2 is 2.28 bits per heavy atom. The fourth-order valence-electron chi connectivity index (χ4n) is 3.17. The van der Waals surface area contributed by atoms with Crippen LogP contribution in [0.5, 0.6) is 0 Å². The molecule has 2 N–H and O–H groups in total. The lowest BCUT2D eigenvalue weighted by molar-refractivity contribution is 0.0742. The summed E-state index contributed by atoms with van der Waals surface area (Å²) in [5.41, 5.74) is 6.08. The van der Waals surface area contributed by atoms with E-state index in [0.717, 1.165) is 31.0 Å². The molecular formula is C13H18N2O2S. The van der Waals surface area contributed by atoms with E-state index in [2.05, 4.69) is 0 Å². The second-order valence-corrected chi connectivity index (χ2v) is 6.01. The third-order valence-electron chi connectivity index (χ3n) is 4.19. The molecule has 18 heavy (non-hydrogen) atoms. The molecule has 3 atom stereocenters. The topological polar surface area (TPSA) is 59.5 Å². The van der Waals surface area contributed by atoms with E-state index in [4.69, 9.17) is 10.2 Å². The molecule has 3 unspecified atom stereocenters. The fraction of sp³-hybridized carbons (Fsp3) is 0.615. The smallest absolute Gasteiger partial charge is 0.289 e. The normalized spacial score (nSPS) is 30.8. The number of carbonyl (C=O) groups is 1. The number of furan rings is 1. The average Bonchev–Trinajstić information content (AvgIpc) is 3.06. The number of nitrogens with two attached hydrogens (primary N) is 1. The van der Waals surface area contributed by atoms with E-state index in [9.17, 15) is 4.79 Å². The van der Waals surface area contributed by atoms with Crippen molar-refractivity contribution in [2.24, 2.45) is 17.6 Å². The molecule has 0 bridgehead atoms. The molecule has 2 fully saturated rings. The van der Waals surface area contributed by atoms with Crippen molar-refractivity contribution in [3.63, 3.8) is 0 Å². The Bertz CT molecular complexity index is 460. The number of amides is 1. The highest BCUT2D eigenvalue weighted by Gasteiger charge is 2.43. The molecule has 1 aromatic rings. The molecule has 0 radical (unpaired) electrons. The van der Waals surface area contributed by atoms with Gasteiger partial charge < -0.3 is 15.1 Å². The van der Waals surface area contributed by atoms with Gasteiger partial charge in [0.25, 0.3) is 5.91 Å². The van der Waals surface area contributed by atoms with Gasteiger partial charge in [0.15, 0.2) is 10.9 Å². The standard InChI is InChI=1S/C13H18N2O2S/c1-18-12-5-4-11(17-12)13(16)15-6-8-2-3-10(14)9(8)7-15/h4-5,8-10H,2-3,6-7,14H2,1H3. The van der Waals surface area contributed by atoms with Gasteiger partial charge in [-0.05, 0) is 43.1 Å². The van der Waals surface area contributed by atoms with Crippen LogP contribution < -0.4 is 5.73 Å². The Labute approximate surface area is 111 Å². The van der Waals surface area contributed by atoms with Crippen LogP contribution in [-0.2, 0) is 0 Å². The molecule has 0 spiro atoms.